The fraction of sp³-hybridized carbons (Fsp3) is 0.300. The van der Waals surface area contributed by atoms with Gasteiger partial charge in [-0.3, -0.25) is 4.79 Å². The van der Waals surface area contributed by atoms with Gasteiger partial charge in [-0.15, -0.1) is 5.10 Å². The first-order chi connectivity index (χ1) is 13.5. The molecular formula is C20H23N5O3. The molecule has 0 spiro atoms. The van der Waals surface area contributed by atoms with Gasteiger partial charge < -0.3 is 15.0 Å². The smallest absolute Gasteiger partial charge is 0.338 e. The van der Waals surface area contributed by atoms with Crippen LogP contribution >= 0.6 is 0 Å². The zero-order chi connectivity index (χ0) is 20.1. The number of rotatable bonds is 7. The Labute approximate surface area is 163 Å². The fourth-order valence-electron chi connectivity index (χ4n) is 2.71. The Morgan fingerprint density at radius 1 is 1.14 bits per heavy atom. The highest BCUT2D eigenvalue weighted by Gasteiger charge is 2.13. The molecule has 1 aromatic heterocycles. The van der Waals surface area contributed by atoms with E-state index in [0.717, 1.165) is 16.8 Å². The van der Waals surface area contributed by atoms with E-state index in [9.17, 15) is 9.59 Å². The van der Waals surface area contributed by atoms with Crippen molar-refractivity contribution < 1.29 is 14.3 Å². The minimum atomic E-state index is -0.571. The lowest BCUT2D eigenvalue weighted by atomic mass is 10.2. The molecule has 8 heteroatoms. The molecule has 0 fully saturated rings. The standard InChI is InChI=1S/C20H23N5O3/c1-4-25-18-10-7-15(11-17(18)22-23-25)20(27)28-13-19(26)21-12-14-5-8-16(9-6-14)24(2)3/h5-11H,4,12-13H2,1-3H3,(H,21,26). The Morgan fingerprint density at radius 3 is 2.57 bits per heavy atom. The average Bonchev–Trinajstić information content (AvgIpc) is 3.13. The third-order valence-corrected chi connectivity index (χ3v) is 4.33. The highest BCUT2D eigenvalue weighted by molar-refractivity contribution is 5.94. The predicted molar refractivity (Wildman–Crippen MR) is 106 cm³/mol. The molecule has 28 heavy (non-hydrogen) atoms. The third kappa shape index (κ3) is 4.46. The molecule has 8 nitrogen and oxygen atoms in total. The van der Waals surface area contributed by atoms with Gasteiger partial charge in [0.15, 0.2) is 6.61 Å². The monoisotopic (exact) mass is 381 g/mol. The summed E-state index contributed by atoms with van der Waals surface area (Å²) in [5.74, 6) is -0.929. The molecule has 3 rings (SSSR count). The van der Waals surface area contributed by atoms with Crippen LogP contribution in [0.15, 0.2) is 42.5 Å². The number of hydrogen-bond donors (Lipinski definition) is 1. The lowest BCUT2D eigenvalue weighted by Crippen LogP contribution is -2.28. The van der Waals surface area contributed by atoms with Crippen molar-refractivity contribution in [1.29, 1.82) is 0 Å². The molecule has 0 aliphatic heterocycles. The molecule has 0 unspecified atom stereocenters. The largest absolute Gasteiger partial charge is 0.452 e. The van der Waals surface area contributed by atoms with Crippen molar-refractivity contribution >= 4 is 28.6 Å². The Balaban J connectivity index is 1.50. The topological polar surface area (TPSA) is 89.4 Å². The van der Waals surface area contributed by atoms with Crippen LogP contribution in [0.4, 0.5) is 5.69 Å². The second-order valence-corrected chi connectivity index (χ2v) is 6.52. The highest BCUT2D eigenvalue weighted by atomic mass is 16.5. The van der Waals surface area contributed by atoms with Gasteiger partial charge in [0.05, 0.1) is 11.1 Å². The lowest BCUT2D eigenvalue weighted by Gasteiger charge is -2.13. The molecule has 3 aromatic rings. The van der Waals surface area contributed by atoms with Crippen LogP contribution in [0.2, 0.25) is 0 Å². The molecule has 0 bridgehead atoms. The van der Waals surface area contributed by atoms with Gasteiger partial charge in [-0.1, -0.05) is 17.3 Å². The summed E-state index contributed by atoms with van der Waals surface area (Å²) in [5.41, 5.74) is 3.84. The minimum absolute atomic E-state index is 0.336. The molecule has 1 N–H and O–H groups in total. The van der Waals surface area contributed by atoms with E-state index in [2.05, 4.69) is 15.6 Å². The molecular weight excluding hydrogens is 358 g/mol. The molecule has 1 amide bonds. The fourth-order valence-corrected chi connectivity index (χ4v) is 2.71. The highest BCUT2D eigenvalue weighted by Crippen LogP contribution is 2.14. The van der Waals surface area contributed by atoms with Crippen molar-refractivity contribution in [2.75, 3.05) is 25.6 Å². The van der Waals surface area contributed by atoms with E-state index >= 15 is 0 Å². The summed E-state index contributed by atoms with van der Waals surface area (Å²) < 4.78 is 6.84. The molecule has 0 atom stereocenters. The number of carbonyl (C=O) groups is 2. The van der Waals surface area contributed by atoms with Gasteiger partial charge in [-0.2, -0.15) is 0 Å². The van der Waals surface area contributed by atoms with Gasteiger partial charge in [0.2, 0.25) is 0 Å². The number of fused-ring (bicyclic) bond motifs is 1. The van der Waals surface area contributed by atoms with Gasteiger partial charge in [-0.25, -0.2) is 9.48 Å². The van der Waals surface area contributed by atoms with Crippen LogP contribution in [-0.2, 0) is 22.6 Å². The normalized spacial score (nSPS) is 10.7. The van der Waals surface area contributed by atoms with Crippen LogP contribution in [-0.4, -0.2) is 47.6 Å². The van der Waals surface area contributed by atoms with E-state index in [1.54, 1.807) is 22.9 Å². The van der Waals surface area contributed by atoms with E-state index in [-0.39, 0.29) is 12.5 Å². The number of nitrogens with one attached hydrogen (secondary N) is 1. The minimum Gasteiger partial charge on any atom is -0.452 e. The zero-order valence-corrected chi connectivity index (χ0v) is 16.2. The molecule has 0 aliphatic carbocycles. The quantitative estimate of drug-likeness (QED) is 0.630. The first kappa shape index (κ1) is 19.3. The van der Waals surface area contributed by atoms with Gasteiger partial charge in [0.1, 0.15) is 5.52 Å². The number of aryl methyl sites for hydroxylation is 1. The maximum atomic E-state index is 12.2. The summed E-state index contributed by atoms with van der Waals surface area (Å²) in [5, 5.41) is 10.8. The number of benzene rings is 2. The van der Waals surface area contributed by atoms with Crippen LogP contribution in [0.25, 0.3) is 11.0 Å². The van der Waals surface area contributed by atoms with Crippen molar-refractivity contribution in [3.05, 3.63) is 53.6 Å². The van der Waals surface area contributed by atoms with Gasteiger partial charge >= 0.3 is 5.97 Å². The number of nitrogens with zero attached hydrogens (tertiary/aromatic N) is 4. The summed E-state index contributed by atoms with van der Waals surface area (Å²) >= 11 is 0. The molecule has 146 valence electrons. The van der Waals surface area contributed by atoms with E-state index in [4.69, 9.17) is 4.74 Å². The Kier molecular flexibility index (Phi) is 5.88. The van der Waals surface area contributed by atoms with Crippen LogP contribution < -0.4 is 10.2 Å². The molecule has 0 radical (unpaired) electrons. The molecule has 2 aromatic carbocycles. The lowest BCUT2D eigenvalue weighted by molar-refractivity contribution is -0.124. The Bertz CT molecular complexity index is 979. The molecule has 1 heterocycles. The van der Waals surface area contributed by atoms with Gasteiger partial charge in [0, 0.05) is 32.9 Å². The SMILES string of the molecule is CCn1nnc2cc(C(=O)OCC(=O)NCc3ccc(N(C)C)cc3)ccc21. The summed E-state index contributed by atoms with van der Waals surface area (Å²) in [4.78, 5) is 26.1. The number of esters is 1. The van der Waals surface area contributed by atoms with Crippen molar-refractivity contribution in [3.8, 4) is 0 Å². The first-order valence-corrected chi connectivity index (χ1v) is 9.01. The van der Waals surface area contributed by atoms with E-state index < -0.39 is 5.97 Å². The number of carbonyl (C=O) groups excluding carboxylic acids is 2. The summed E-state index contributed by atoms with van der Waals surface area (Å²) in [7, 11) is 3.93. The maximum absolute atomic E-state index is 12.2. The molecule has 0 saturated carbocycles. The van der Waals surface area contributed by atoms with E-state index in [1.165, 1.54) is 0 Å². The van der Waals surface area contributed by atoms with Crippen LogP contribution in [0, 0.1) is 0 Å². The van der Waals surface area contributed by atoms with Crippen LogP contribution in [0.1, 0.15) is 22.8 Å². The van der Waals surface area contributed by atoms with Crippen LogP contribution in [0.5, 0.6) is 0 Å². The van der Waals surface area contributed by atoms with Crippen molar-refractivity contribution in [2.24, 2.45) is 0 Å². The second-order valence-electron chi connectivity index (χ2n) is 6.52. The van der Waals surface area contributed by atoms with Gasteiger partial charge in [-0.05, 0) is 42.8 Å². The van der Waals surface area contributed by atoms with Crippen molar-refractivity contribution in [2.45, 2.75) is 20.0 Å². The molecule has 0 saturated heterocycles. The number of anilines is 1. The summed E-state index contributed by atoms with van der Waals surface area (Å²) in [6, 6.07) is 12.9. The first-order valence-electron chi connectivity index (χ1n) is 9.01. The van der Waals surface area contributed by atoms with Crippen molar-refractivity contribution in [1.82, 2.24) is 20.3 Å². The number of ether oxygens (including phenoxy) is 1. The number of amides is 1. The number of aromatic nitrogens is 3. The van der Waals surface area contributed by atoms with E-state index in [0.29, 0.717) is 24.2 Å². The number of hydrogen-bond acceptors (Lipinski definition) is 6. The van der Waals surface area contributed by atoms with E-state index in [1.807, 2.05) is 50.2 Å². The molecule has 0 aliphatic rings. The summed E-state index contributed by atoms with van der Waals surface area (Å²) in [6.45, 7) is 2.69. The Morgan fingerprint density at radius 2 is 1.89 bits per heavy atom. The van der Waals surface area contributed by atoms with Gasteiger partial charge in [0.25, 0.3) is 5.91 Å². The van der Waals surface area contributed by atoms with Crippen molar-refractivity contribution in [3.63, 3.8) is 0 Å². The maximum Gasteiger partial charge on any atom is 0.338 e. The third-order valence-electron chi connectivity index (χ3n) is 4.33. The zero-order valence-electron chi connectivity index (χ0n) is 16.2. The van der Waals surface area contributed by atoms with Crippen LogP contribution in [0.3, 0.4) is 0 Å². The Hall–Kier alpha value is -3.42. The predicted octanol–water partition coefficient (Wildman–Crippen LogP) is 1.99. The second kappa shape index (κ2) is 8.51. The average molecular weight is 381 g/mol. The summed E-state index contributed by atoms with van der Waals surface area (Å²) in [6.07, 6.45) is 0.